The van der Waals surface area contributed by atoms with Gasteiger partial charge in [-0.3, -0.25) is 14.7 Å². The van der Waals surface area contributed by atoms with Crippen LogP contribution in [0.3, 0.4) is 0 Å². The lowest BCUT2D eigenvalue weighted by Gasteiger charge is -2.38. The van der Waals surface area contributed by atoms with Crippen molar-refractivity contribution in [2.75, 3.05) is 13.1 Å². The molecule has 3 N–H and O–H groups in total. The standard InChI is InChI=1S/C21H27BrN4O3/c1-13-18(14(2)25-24-13)6-7-21(28)26-9-8-19(15(12-26)10-20(23)27)29-17-5-3-4-16(22)11-17/h3-5,11,15,19H,6-10,12H2,1-2H3,(H2,23,27)(H,24,25)/t15-,19-/m0/s1. The molecule has 1 aliphatic rings. The minimum absolute atomic E-state index is 0.0837. The van der Waals surface area contributed by atoms with Crippen molar-refractivity contribution in [3.05, 3.63) is 45.7 Å². The first kappa shape index (κ1) is 21.4. The number of aromatic amines is 1. The van der Waals surface area contributed by atoms with E-state index in [1.165, 1.54) is 0 Å². The molecule has 0 aliphatic carbocycles. The van der Waals surface area contributed by atoms with Crippen LogP contribution in [0, 0.1) is 19.8 Å². The molecule has 1 aromatic carbocycles. The van der Waals surface area contributed by atoms with Crippen molar-refractivity contribution in [1.29, 1.82) is 0 Å². The highest BCUT2D eigenvalue weighted by molar-refractivity contribution is 9.10. The van der Waals surface area contributed by atoms with Gasteiger partial charge in [-0.25, -0.2) is 0 Å². The van der Waals surface area contributed by atoms with Crippen LogP contribution in [0.15, 0.2) is 28.7 Å². The van der Waals surface area contributed by atoms with Crippen LogP contribution in [0.1, 0.15) is 36.2 Å². The van der Waals surface area contributed by atoms with Gasteiger partial charge in [-0.2, -0.15) is 5.10 Å². The summed E-state index contributed by atoms with van der Waals surface area (Å²) in [6.07, 6.45) is 1.78. The third kappa shape index (κ3) is 5.59. The Morgan fingerprint density at radius 1 is 1.38 bits per heavy atom. The van der Waals surface area contributed by atoms with E-state index in [9.17, 15) is 9.59 Å². The fraction of sp³-hybridized carbons (Fsp3) is 0.476. The van der Waals surface area contributed by atoms with E-state index in [-0.39, 0.29) is 30.3 Å². The first-order chi connectivity index (χ1) is 13.8. The number of piperidine rings is 1. The normalized spacial score (nSPS) is 19.2. The quantitative estimate of drug-likeness (QED) is 0.660. The van der Waals surface area contributed by atoms with Crippen LogP contribution in [0.2, 0.25) is 0 Å². The second kappa shape index (κ2) is 9.43. The minimum atomic E-state index is -0.378. The molecule has 156 valence electrons. The number of aromatic nitrogens is 2. The summed E-state index contributed by atoms with van der Waals surface area (Å²) in [5, 5.41) is 7.14. The molecule has 2 atom stereocenters. The predicted octanol–water partition coefficient (Wildman–Crippen LogP) is 2.89. The number of halogens is 1. The van der Waals surface area contributed by atoms with Crippen molar-refractivity contribution in [1.82, 2.24) is 15.1 Å². The molecular formula is C21H27BrN4O3. The molecule has 8 heteroatoms. The molecule has 0 radical (unpaired) electrons. The second-order valence-corrected chi connectivity index (χ2v) is 8.50. The number of H-pyrrole nitrogens is 1. The largest absolute Gasteiger partial charge is 0.490 e. The molecule has 1 saturated heterocycles. The van der Waals surface area contributed by atoms with Gasteiger partial charge in [-0.1, -0.05) is 22.0 Å². The Kier molecular flexibility index (Phi) is 6.95. The SMILES string of the molecule is Cc1n[nH]c(C)c1CCC(=O)N1CC[C@H](Oc2cccc(Br)c2)[C@@H](CC(N)=O)C1. The molecule has 1 aromatic heterocycles. The average Bonchev–Trinajstić information content (AvgIpc) is 2.98. The Hall–Kier alpha value is -2.35. The first-order valence-electron chi connectivity index (χ1n) is 9.82. The molecule has 1 fully saturated rings. The number of hydrogen-bond donors (Lipinski definition) is 2. The lowest BCUT2D eigenvalue weighted by atomic mass is 9.90. The maximum absolute atomic E-state index is 12.8. The summed E-state index contributed by atoms with van der Waals surface area (Å²) in [7, 11) is 0. The summed E-state index contributed by atoms with van der Waals surface area (Å²) in [5.41, 5.74) is 8.50. The van der Waals surface area contributed by atoms with Crippen molar-refractivity contribution in [3.8, 4) is 5.75 Å². The molecule has 0 unspecified atom stereocenters. The fourth-order valence-corrected chi connectivity index (χ4v) is 4.27. The number of likely N-dealkylation sites (tertiary alicyclic amines) is 1. The highest BCUT2D eigenvalue weighted by Crippen LogP contribution is 2.27. The number of benzene rings is 1. The summed E-state index contributed by atoms with van der Waals surface area (Å²) in [5.74, 6) is 0.322. The Balaban J connectivity index is 1.62. The number of carbonyl (C=O) groups is 2. The molecule has 29 heavy (non-hydrogen) atoms. The summed E-state index contributed by atoms with van der Waals surface area (Å²) < 4.78 is 7.07. The van der Waals surface area contributed by atoms with E-state index in [0.717, 1.165) is 27.2 Å². The van der Waals surface area contributed by atoms with Crippen LogP contribution in [-0.4, -0.2) is 46.1 Å². The number of carbonyl (C=O) groups excluding carboxylic acids is 2. The zero-order chi connectivity index (χ0) is 21.0. The van der Waals surface area contributed by atoms with E-state index in [1.807, 2.05) is 43.0 Å². The molecule has 1 aliphatic heterocycles. The molecule has 7 nitrogen and oxygen atoms in total. The number of primary amides is 1. The molecule has 2 amide bonds. The summed E-state index contributed by atoms with van der Waals surface area (Å²) in [6.45, 7) is 4.99. The average molecular weight is 463 g/mol. The van der Waals surface area contributed by atoms with Gasteiger partial charge in [-0.15, -0.1) is 0 Å². The van der Waals surface area contributed by atoms with Gasteiger partial charge in [0.1, 0.15) is 11.9 Å². The number of ether oxygens (including phenoxy) is 1. The highest BCUT2D eigenvalue weighted by Gasteiger charge is 2.34. The number of nitrogens with zero attached hydrogens (tertiary/aromatic N) is 2. The van der Waals surface area contributed by atoms with E-state index in [0.29, 0.717) is 32.4 Å². The van der Waals surface area contributed by atoms with E-state index >= 15 is 0 Å². The molecule has 0 bridgehead atoms. The van der Waals surface area contributed by atoms with Crippen molar-refractivity contribution in [2.24, 2.45) is 11.7 Å². The highest BCUT2D eigenvalue weighted by atomic mass is 79.9. The van der Waals surface area contributed by atoms with Crippen molar-refractivity contribution in [3.63, 3.8) is 0 Å². The number of aryl methyl sites for hydroxylation is 2. The second-order valence-electron chi connectivity index (χ2n) is 7.59. The lowest BCUT2D eigenvalue weighted by molar-refractivity contribution is -0.136. The maximum atomic E-state index is 12.8. The van der Waals surface area contributed by atoms with Crippen LogP contribution in [0.4, 0.5) is 0 Å². The first-order valence-corrected chi connectivity index (χ1v) is 10.6. The molecule has 3 rings (SSSR count). The molecular weight excluding hydrogens is 436 g/mol. The summed E-state index contributed by atoms with van der Waals surface area (Å²) in [6, 6.07) is 7.62. The lowest BCUT2D eigenvalue weighted by Crippen LogP contribution is -2.49. The Labute approximate surface area is 179 Å². The van der Waals surface area contributed by atoms with Gasteiger partial charge in [0.2, 0.25) is 11.8 Å². The number of amides is 2. The van der Waals surface area contributed by atoms with Gasteiger partial charge in [0.25, 0.3) is 0 Å². The van der Waals surface area contributed by atoms with Gasteiger partial charge in [0.05, 0.1) is 5.69 Å². The van der Waals surface area contributed by atoms with Crippen LogP contribution >= 0.6 is 15.9 Å². The van der Waals surface area contributed by atoms with E-state index in [2.05, 4.69) is 26.1 Å². The number of nitrogens with two attached hydrogens (primary N) is 1. The molecule has 0 spiro atoms. The Morgan fingerprint density at radius 2 is 2.17 bits per heavy atom. The van der Waals surface area contributed by atoms with Crippen LogP contribution in [-0.2, 0) is 16.0 Å². The topological polar surface area (TPSA) is 101 Å². The third-order valence-electron chi connectivity index (χ3n) is 5.43. The Bertz CT molecular complexity index is 863. The summed E-state index contributed by atoms with van der Waals surface area (Å²) >= 11 is 3.44. The van der Waals surface area contributed by atoms with Crippen LogP contribution in [0.5, 0.6) is 5.75 Å². The van der Waals surface area contributed by atoms with Gasteiger partial charge in [-0.05, 0) is 44.0 Å². The predicted molar refractivity (Wildman–Crippen MR) is 113 cm³/mol. The van der Waals surface area contributed by atoms with Crippen molar-refractivity contribution >= 4 is 27.7 Å². The number of nitrogens with one attached hydrogen (secondary N) is 1. The number of hydrogen-bond acceptors (Lipinski definition) is 4. The third-order valence-corrected chi connectivity index (χ3v) is 5.93. The maximum Gasteiger partial charge on any atom is 0.222 e. The van der Waals surface area contributed by atoms with Gasteiger partial charge < -0.3 is 15.4 Å². The van der Waals surface area contributed by atoms with Gasteiger partial charge in [0.15, 0.2) is 0 Å². The molecule has 2 aromatic rings. The van der Waals surface area contributed by atoms with E-state index in [4.69, 9.17) is 10.5 Å². The van der Waals surface area contributed by atoms with Crippen molar-refractivity contribution < 1.29 is 14.3 Å². The van der Waals surface area contributed by atoms with Crippen molar-refractivity contribution in [2.45, 2.75) is 45.6 Å². The van der Waals surface area contributed by atoms with Crippen LogP contribution in [0.25, 0.3) is 0 Å². The Morgan fingerprint density at radius 3 is 2.83 bits per heavy atom. The van der Waals surface area contributed by atoms with E-state index < -0.39 is 0 Å². The van der Waals surface area contributed by atoms with Crippen LogP contribution < -0.4 is 10.5 Å². The van der Waals surface area contributed by atoms with E-state index in [1.54, 1.807) is 0 Å². The smallest absolute Gasteiger partial charge is 0.222 e. The monoisotopic (exact) mass is 462 g/mol. The number of rotatable bonds is 7. The van der Waals surface area contributed by atoms with Gasteiger partial charge >= 0.3 is 0 Å². The summed E-state index contributed by atoms with van der Waals surface area (Å²) in [4.78, 5) is 26.2. The zero-order valence-corrected chi connectivity index (χ0v) is 18.4. The van der Waals surface area contributed by atoms with Gasteiger partial charge in [0, 0.05) is 48.4 Å². The zero-order valence-electron chi connectivity index (χ0n) is 16.8. The molecule has 0 saturated carbocycles. The fourth-order valence-electron chi connectivity index (χ4n) is 3.89. The minimum Gasteiger partial charge on any atom is -0.490 e. The molecule has 2 heterocycles.